The summed E-state index contributed by atoms with van der Waals surface area (Å²) in [7, 11) is 0. The molecule has 0 saturated heterocycles. The van der Waals surface area contributed by atoms with Crippen molar-refractivity contribution in [1.82, 2.24) is 15.3 Å². The molecule has 0 spiro atoms. The van der Waals surface area contributed by atoms with Crippen LogP contribution in [0, 0.1) is 6.92 Å². The van der Waals surface area contributed by atoms with Crippen LogP contribution in [-0.4, -0.2) is 16.0 Å². The highest BCUT2D eigenvalue weighted by atomic mass is 79.9. The van der Waals surface area contributed by atoms with E-state index >= 15 is 0 Å². The van der Waals surface area contributed by atoms with Crippen molar-refractivity contribution in [3.05, 3.63) is 46.2 Å². The van der Waals surface area contributed by atoms with Gasteiger partial charge in [-0.25, -0.2) is 9.97 Å². The second-order valence-corrected chi connectivity index (χ2v) is 5.78. The van der Waals surface area contributed by atoms with Crippen molar-refractivity contribution >= 4 is 15.9 Å². The fourth-order valence-corrected chi connectivity index (χ4v) is 2.29. The van der Waals surface area contributed by atoms with Crippen molar-refractivity contribution in [1.29, 1.82) is 0 Å². The van der Waals surface area contributed by atoms with Crippen LogP contribution in [0.25, 0.3) is 11.4 Å². The number of nitrogens with zero attached hydrogens (tertiary/aromatic N) is 2. The van der Waals surface area contributed by atoms with Gasteiger partial charge in [-0.2, -0.15) is 0 Å². The molecule has 1 heterocycles. The highest BCUT2D eigenvalue weighted by Gasteiger charge is 2.06. The summed E-state index contributed by atoms with van der Waals surface area (Å²) < 4.78 is 1.08. The van der Waals surface area contributed by atoms with Gasteiger partial charge >= 0.3 is 0 Å². The maximum absolute atomic E-state index is 4.62. The minimum Gasteiger partial charge on any atom is -0.309 e. The van der Waals surface area contributed by atoms with E-state index in [4.69, 9.17) is 0 Å². The molecule has 0 saturated carbocycles. The number of aryl methyl sites for hydroxylation is 1. The lowest BCUT2D eigenvalue weighted by Gasteiger charge is -2.09. The molecule has 1 aromatic carbocycles. The molecular weight excluding hydrogens is 302 g/mol. The van der Waals surface area contributed by atoms with Crippen molar-refractivity contribution in [2.45, 2.75) is 33.4 Å². The van der Waals surface area contributed by atoms with Crippen LogP contribution in [0.1, 0.15) is 25.1 Å². The van der Waals surface area contributed by atoms with E-state index in [1.165, 1.54) is 5.56 Å². The largest absolute Gasteiger partial charge is 0.309 e. The van der Waals surface area contributed by atoms with Gasteiger partial charge in [-0.1, -0.05) is 29.8 Å². The van der Waals surface area contributed by atoms with Crippen molar-refractivity contribution in [3.8, 4) is 11.4 Å². The molecule has 19 heavy (non-hydrogen) atoms. The Hall–Kier alpha value is -1.26. The fourth-order valence-electron chi connectivity index (χ4n) is 1.81. The van der Waals surface area contributed by atoms with Crippen LogP contribution in [0.2, 0.25) is 0 Å². The van der Waals surface area contributed by atoms with Gasteiger partial charge in [0.1, 0.15) is 0 Å². The lowest BCUT2D eigenvalue weighted by Crippen LogP contribution is -2.22. The van der Waals surface area contributed by atoms with Gasteiger partial charge in [-0.05, 0) is 36.8 Å². The second-order valence-electron chi connectivity index (χ2n) is 4.87. The Kier molecular flexibility index (Phi) is 4.66. The molecule has 4 heteroatoms. The molecule has 2 rings (SSSR count). The van der Waals surface area contributed by atoms with E-state index < -0.39 is 0 Å². The Morgan fingerprint density at radius 1 is 1.26 bits per heavy atom. The molecular formula is C15H18BrN3. The Labute approximate surface area is 122 Å². The van der Waals surface area contributed by atoms with Crippen LogP contribution < -0.4 is 5.32 Å². The SMILES string of the molecule is Cc1cc(Br)ccc1-c1nccc(CNC(C)C)n1. The average molecular weight is 320 g/mol. The van der Waals surface area contributed by atoms with Gasteiger partial charge in [0.05, 0.1) is 5.69 Å². The molecule has 0 amide bonds. The molecule has 100 valence electrons. The smallest absolute Gasteiger partial charge is 0.159 e. The van der Waals surface area contributed by atoms with Gasteiger partial charge in [0.15, 0.2) is 5.82 Å². The number of aromatic nitrogens is 2. The first-order valence-corrected chi connectivity index (χ1v) is 7.17. The van der Waals surface area contributed by atoms with Crippen molar-refractivity contribution in [3.63, 3.8) is 0 Å². The number of rotatable bonds is 4. The maximum Gasteiger partial charge on any atom is 0.159 e. The maximum atomic E-state index is 4.62. The van der Waals surface area contributed by atoms with Crippen LogP contribution in [0.5, 0.6) is 0 Å². The molecule has 1 N–H and O–H groups in total. The van der Waals surface area contributed by atoms with Gasteiger partial charge in [-0.15, -0.1) is 0 Å². The lowest BCUT2D eigenvalue weighted by atomic mass is 10.1. The summed E-state index contributed by atoms with van der Waals surface area (Å²) >= 11 is 3.47. The zero-order chi connectivity index (χ0) is 13.8. The third kappa shape index (κ3) is 3.85. The third-order valence-electron chi connectivity index (χ3n) is 2.83. The number of nitrogens with one attached hydrogen (secondary N) is 1. The predicted octanol–water partition coefficient (Wildman–Crippen LogP) is 3.71. The standard InChI is InChI=1S/C15H18BrN3/c1-10(2)18-9-13-6-7-17-15(19-13)14-5-4-12(16)8-11(14)3/h4-8,10,18H,9H2,1-3H3. The summed E-state index contributed by atoms with van der Waals surface area (Å²) in [4.78, 5) is 8.99. The topological polar surface area (TPSA) is 37.8 Å². The molecule has 0 aliphatic carbocycles. The molecule has 0 aliphatic heterocycles. The molecule has 3 nitrogen and oxygen atoms in total. The molecule has 0 unspecified atom stereocenters. The molecule has 0 aliphatic rings. The lowest BCUT2D eigenvalue weighted by molar-refractivity contribution is 0.581. The Bertz CT molecular complexity index is 567. The highest BCUT2D eigenvalue weighted by molar-refractivity contribution is 9.10. The number of hydrogen-bond donors (Lipinski definition) is 1. The van der Waals surface area contributed by atoms with E-state index in [2.05, 4.69) is 64.1 Å². The van der Waals surface area contributed by atoms with Gasteiger partial charge in [0.25, 0.3) is 0 Å². The number of hydrogen-bond acceptors (Lipinski definition) is 3. The van der Waals surface area contributed by atoms with Crippen LogP contribution in [0.15, 0.2) is 34.9 Å². The minimum atomic E-state index is 0.452. The summed E-state index contributed by atoms with van der Waals surface area (Å²) in [5, 5.41) is 3.37. The first-order valence-electron chi connectivity index (χ1n) is 6.38. The van der Waals surface area contributed by atoms with Crippen molar-refractivity contribution in [2.75, 3.05) is 0 Å². The van der Waals surface area contributed by atoms with E-state index in [0.717, 1.165) is 28.1 Å². The fraction of sp³-hybridized carbons (Fsp3) is 0.333. The van der Waals surface area contributed by atoms with E-state index in [1.54, 1.807) is 0 Å². The molecule has 0 fully saturated rings. The monoisotopic (exact) mass is 319 g/mol. The van der Waals surface area contributed by atoms with Gasteiger partial charge < -0.3 is 5.32 Å². The summed E-state index contributed by atoms with van der Waals surface area (Å²) in [6.45, 7) is 7.09. The highest BCUT2D eigenvalue weighted by Crippen LogP contribution is 2.23. The van der Waals surface area contributed by atoms with E-state index in [0.29, 0.717) is 6.04 Å². The predicted molar refractivity (Wildman–Crippen MR) is 81.9 cm³/mol. The first-order chi connectivity index (χ1) is 9.06. The number of halogens is 1. The van der Waals surface area contributed by atoms with Crippen molar-refractivity contribution < 1.29 is 0 Å². The third-order valence-corrected chi connectivity index (χ3v) is 3.33. The molecule has 0 bridgehead atoms. The van der Waals surface area contributed by atoms with Crippen LogP contribution in [0.3, 0.4) is 0 Å². The second kappa shape index (κ2) is 6.26. The Morgan fingerprint density at radius 3 is 2.74 bits per heavy atom. The van der Waals surface area contributed by atoms with Gasteiger partial charge in [0, 0.05) is 28.8 Å². The van der Waals surface area contributed by atoms with Crippen LogP contribution in [0.4, 0.5) is 0 Å². The van der Waals surface area contributed by atoms with E-state index in [-0.39, 0.29) is 0 Å². The Balaban J connectivity index is 2.27. The van der Waals surface area contributed by atoms with Crippen LogP contribution >= 0.6 is 15.9 Å². The normalized spacial score (nSPS) is 11.0. The Morgan fingerprint density at radius 2 is 2.05 bits per heavy atom. The van der Waals surface area contributed by atoms with Crippen molar-refractivity contribution in [2.24, 2.45) is 0 Å². The molecule has 0 atom stereocenters. The van der Waals surface area contributed by atoms with Gasteiger partial charge in [-0.3, -0.25) is 0 Å². The van der Waals surface area contributed by atoms with E-state index in [9.17, 15) is 0 Å². The average Bonchev–Trinajstić information content (AvgIpc) is 2.36. The zero-order valence-electron chi connectivity index (χ0n) is 11.4. The first kappa shape index (κ1) is 14.2. The van der Waals surface area contributed by atoms with E-state index in [1.807, 2.05) is 18.3 Å². The quantitative estimate of drug-likeness (QED) is 0.933. The number of benzene rings is 1. The van der Waals surface area contributed by atoms with Crippen LogP contribution in [-0.2, 0) is 6.54 Å². The summed E-state index contributed by atoms with van der Waals surface area (Å²) in [6, 6.07) is 8.55. The summed E-state index contributed by atoms with van der Waals surface area (Å²) in [5.41, 5.74) is 3.26. The zero-order valence-corrected chi connectivity index (χ0v) is 13.0. The molecule has 2 aromatic rings. The molecule has 0 radical (unpaired) electrons. The summed E-state index contributed by atoms with van der Waals surface area (Å²) in [5.74, 6) is 0.785. The van der Waals surface area contributed by atoms with Gasteiger partial charge in [0.2, 0.25) is 0 Å². The molecule has 1 aromatic heterocycles. The minimum absolute atomic E-state index is 0.452. The summed E-state index contributed by atoms with van der Waals surface area (Å²) in [6.07, 6.45) is 1.82.